The third-order valence-electron chi connectivity index (χ3n) is 4.57. The Labute approximate surface area is 173 Å². The van der Waals surface area contributed by atoms with Crippen LogP contribution in [0.1, 0.15) is 33.0 Å². The lowest BCUT2D eigenvalue weighted by atomic mass is 10.2. The first-order valence-electron chi connectivity index (χ1n) is 8.79. The SMILES string of the molecule is N=C(N)c1ccc(OC(=O)c2ccc(CCC(=O)NC3(C(=O)O)C[C@H]3O)s2)c(F)c1. The summed E-state index contributed by atoms with van der Waals surface area (Å²) in [7, 11) is 0. The number of carboxylic acid groups (broad SMARTS) is 1. The van der Waals surface area contributed by atoms with Gasteiger partial charge in [-0.1, -0.05) is 0 Å². The number of nitrogen functional groups attached to an aromatic ring is 1. The maximum absolute atomic E-state index is 14.0. The zero-order valence-corrected chi connectivity index (χ0v) is 16.3. The van der Waals surface area contributed by atoms with E-state index in [0.29, 0.717) is 4.88 Å². The second-order valence-electron chi connectivity index (χ2n) is 6.76. The lowest BCUT2D eigenvalue weighted by Gasteiger charge is -2.12. The van der Waals surface area contributed by atoms with Crippen molar-refractivity contribution in [3.05, 3.63) is 51.5 Å². The minimum atomic E-state index is -1.61. The number of amides is 1. The molecular formula is C19H18FN3O6S. The van der Waals surface area contributed by atoms with Crippen molar-refractivity contribution in [2.75, 3.05) is 0 Å². The van der Waals surface area contributed by atoms with E-state index in [0.717, 1.165) is 17.4 Å². The van der Waals surface area contributed by atoms with Crippen molar-refractivity contribution in [2.45, 2.75) is 30.9 Å². The van der Waals surface area contributed by atoms with E-state index in [1.54, 1.807) is 6.07 Å². The average molecular weight is 435 g/mol. The lowest BCUT2D eigenvalue weighted by Crippen LogP contribution is -2.46. The minimum absolute atomic E-state index is 0.0299. The predicted molar refractivity (Wildman–Crippen MR) is 104 cm³/mol. The van der Waals surface area contributed by atoms with Crippen LogP contribution in [0.25, 0.3) is 0 Å². The molecule has 158 valence electrons. The molecule has 1 fully saturated rings. The van der Waals surface area contributed by atoms with Crippen LogP contribution in [0, 0.1) is 11.2 Å². The van der Waals surface area contributed by atoms with Gasteiger partial charge in [0.25, 0.3) is 0 Å². The molecule has 1 amide bonds. The number of carboxylic acids is 1. The number of aliphatic hydroxyl groups excluding tert-OH is 1. The Morgan fingerprint density at radius 3 is 2.60 bits per heavy atom. The van der Waals surface area contributed by atoms with Gasteiger partial charge in [-0.25, -0.2) is 14.0 Å². The smallest absolute Gasteiger partial charge is 0.353 e. The Morgan fingerprint density at radius 2 is 2.03 bits per heavy atom. The van der Waals surface area contributed by atoms with Crippen molar-refractivity contribution in [2.24, 2.45) is 5.73 Å². The van der Waals surface area contributed by atoms with E-state index in [4.69, 9.17) is 21.0 Å². The molecule has 1 aromatic heterocycles. The van der Waals surface area contributed by atoms with Gasteiger partial charge in [0, 0.05) is 23.3 Å². The molecule has 9 nitrogen and oxygen atoms in total. The number of benzene rings is 1. The zero-order valence-electron chi connectivity index (χ0n) is 15.5. The number of hydrogen-bond acceptors (Lipinski definition) is 7. The number of aryl methyl sites for hydroxylation is 1. The number of carbonyl (C=O) groups is 3. The van der Waals surface area contributed by atoms with Gasteiger partial charge in [-0.05, 0) is 36.8 Å². The first kappa shape index (κ1) is 21.4. The largest absolute Gasteiger partial charge is 0.479 e. The van der Waals surface area contributed by atoms with Crippen molar-refractivity contribution < 1.29 is 33.7 Å². The molecule has 1 aliphatic carbocycles. The molecule has 0 aliphatic heterocycles. The molecule has 6 N–H and O–H groups in total. The average Bonchev–Trinajstić information content (AvgIpc) is 3.12. The molecule has 0 radical (unpaired) electrons. The van der Waals surface area contributed by atoms with Gasteiger partial charge in [0.15, 0.2) is 17.1 Å². The summed E-state index contributed by atoms with van der Waals surface area (Å²) in [5.41, 5.74) is 3.83. The van der Waals surface area contributed by atoms with Crippen molar-refractivity contribution in [1.29, 1.82) is 5.41 Å². The molecule has 1 saturated carbocycles. The summed E-state index contributed by atoms with van der Waals surface area (Å²) in [5, 5.41) is 28.1. The van der Waals surface area contributed by atoms with Gasteiger partial charge < -0.3 is 26.0 Å². The van der Waals surface area contributed by atoms with Crippen LogP contribution in [0.15, 0.2) is 30.3 Å². The standard InChI is InChI=1S/C19H18FN3O6S/c20-11-7-9(16(21)22)1-4-12(11)29-17(26)13-5-2-10(30-13)3-6-15(25)23-19(18(27)28)8-14(19)24/h1-2,4-5,7,14,24H,3,6,8H2,(H3,21,22)(H,23,25)(H,27,28)/t14-,19?/m1/s1. The maximum atomic E-state index is 14.0. The fraction of sp³-hybridized carbons (Fsp3) is 0.263. The Morgan fingerprint density at radius 1 is 1.33 bits per heavy atom. The van der Waals surface area contributed by atoms with Crippen molar-refractivity contribution in [3.8, 4) is 5.75 Å². The Kier molecular flexibility index (Phi) is 5.85. The molecule has 0 saturated heterocycles. The summed E-state index contributed by atoms with van der Waals surface area (Å²) in [6, 6.07) is 6.64. The van der Waals surface area contributed by atoms with Crippen LogP contribution >= 0.6 is 11.3 Å². The molecule has 30 heavy (non-hydrogen) atoms. The Balaban J connectivity index is 1.56. The minimum Gasteiger partial charge on any atom is -0.479 e. The summed E-state index contributed by atoms with van der Waals surface area (Å²) in [6.07, 6.45) is -0.922. The van der Waals surface area contributed by atoms with Crippen molar-refractivity contribution >= 4 is 35.0 Å². The normalized spacial score (nSPS) is 19.7. The number of hydrogen-bond donors (Lipinski definition) is 5. The number of nitrogens with two attached hydrogens (primary N) is 1. The van der Waals surface area contributed by atoms with Gasteiger partial charge in [0.1, 0.15) is 10.7 Å². The summed E-state index contributed by atoms with van der Waals surface area (Å²) < 4.78 is 19.0. The Bertz CT molecular complexity index is 1040. The zero-order chi connectivity index (χ0) is 22.1. The highest BCUT2D eigenvalue weighted by Crippen LogP contribution is 2.36. The van der Waals surface area contributed by atoms with E-state index in [9.17, 15) is 23.9 Å². The number of esters is 1. The summed E-state index contributed by atoms with van der Waals surface area (Å²) in [6.45, 7) is 0. The van der Waals surface area contributed by atoms with Crippen molar-refractivity contribution in [3.63, 3.8) is 0 Å². The third-order valence-corrected chi connectivity index (χ3v) is 5.70. The van der Waals surface area contributed by atoms with E-state index in [1.807, 2.05) is 0 Å². The number of aliphatic carboxylic acids is 1. The van der Waals surface area contributed by atoms with Crippen LogP contribution in [0.4, 0.5) is 4.39 Å². The van der Waals surface area contributed by atoms with Crippen LogP contribution in [-0.4, -0.2) is 45.5 Å². The van der Waals surface area contributed by atoms with Gasteiger partial charge in [-0.15, -0.1) is 11.3 Å². The lowest BCUT2D eigenvalue weighted by molar-refractivity contribution is -0.144. The predicted octanol–water partition coefficient (Wildman–Crippen LogP) is 1.03. The number of thiophene rings is 1. The van der Waals surface area contributed by atoms with E-state index >= 15 is 0 Å². The van der Waals surface area contributed by atoms with Crippen LogP contribution in [0.5, 0.6) is 5.75 Å². The Hall–Kier alpha value is -3.31. The summed E-state index contributed by atoms with van der Waals surface area (Å²) >= 11 is 1.06. The van der Waals surface area contributed by atoms with Gasteiger partial charge in [0.2, 0.25) is 5.91 Å². The molecule has 1 unspecified atom stereocenters. The van der Waals surface area contributed by atoms with Gasteiger partial charge in [-0.2, -0.15) is 0 Å². The second kappa shape index (κ2) is 8.20. The highest BCUT2D eigenvalue weighted by atomic mass is 32.1. The quantitative estimate of drug-likeness (QED) is 0.179. The first-order valence-corrected chi connectivity index (χ1v) is 9.61. The molecule has 1 aromatic carbocycles. The fourth-order valence-corrected chi connectivity index (χ4v) is 3.62. The molecular weight excluding hydrogens is 417 g/mol. The van der Waals surface area contributed by atoms with Crippen LogP contribution in [0.3, 0.4) is 0 Å². The summed E-state index contributed by atoms with van der Waals surface area (Å²) in [4.78, 5) is 36.2. The highest BCUT2D eigenvalue weighted by molar-refractivity contribution is 7.13. The molecule has 1 heterocycles. The molecule has 0 spiro atoms. The van der Waals surface area contributed by atoms with E-state index in [2.05, 4.69) is 5.32 Å². The topological polar surface area (TPSA) is 163 Å². The van der Waals surface area contributed by atoms with Gasteiger partial charge in [0.05, 0.1) is 6.10 Å². The van der Waals surface area contributed by atoms with Gasteiger partial charge in [-0.3, -0.25) is 10.2 Å². The van der Waals surface area contributed by atoms with E-state index in [1.165, 1.54) is 18.2 Å². The monoisotopic (exact) mass is 435 g/mol. The van der Waals surface area contributed by atoms with E-state index < -0.39 is 35.3 Å². The summed E-state index contributed by atoms with van der Waals surface area (Å²) in [5.74, 6) is -4.05. The molecule has 1 aliphatic rings. The van der Waals surface area contributed by atoms with Crippen LogP contribution in [-0.2, 0) is 16.0 Å². The molecule has 2 aromatic rings. The molecule has 3 rings (SSSR count). The van der Waals surface area contributed by atoms with Crippen LogP contribution in [0.2, 0.25) is 0 Å². The number of ether oxygens (including phenoxy) is 1. The van der Waals surface area contributed by atoms with Gasteiger partial charge >= 0.3 is 11.9 Å². The first-order chi connectivity index (χ1) is 14.1. The number of halogens is 1. The highest BCUT2D eigenvalue weighted by Gasteiger charge is 2.61. The number of carbonyl (C=O) groups excluding carboxylic acids is 2. The second-order valence-corrected chi connectivity index (χ2v) is 7.93. The van der Waals surface area contributed by atoms with E-state index in [-0.39, 0.29) is 41.3 Å². The third kappa shape index (κ3) is 4.47. The molecule has 11 heteroatoms. The van der Waals surface area contributed by atoms with Crippen LogP contribution < -0.4 is 15.8 Å². The van der Waals surface area contributed by atoms with Crippen molar-refractivity contribution in [1.82, 2.24) is 5.32 Å². The molecule has 0 bridgehead atoms. The maximum Gasteiger partial charge on any atom is 0.353 e. The molecule has 2 atom stereocenters. The number of nitrogens with one attached hydrogen (secondary N) is 2. The fourth-order valence-electron chi connectivity index (χ4n) is 2.74. The number of aliphatic hydroxyl groups is 1. The number of rotatable bonds is 8. The number of amidine groups is 1.